The quantitative estimate of drug-likeness (QED) is 0.719. The van der Waals surface area contributed by atoms with E-state index in [0.717, 1.165) is 6.67 Å². The number of nitrogens with zero attached hydrogens (tertiary/aromatic N) is 2. The van der Waals surface area contributed by atoms with E-state index >= 15 is 0 Å². The van der Waals surface area contributed by atoms with Gasteiger partial charge in [0.05, 0.1) is 6.67 Å². The molecule has 1 aliphatic heterocycles. The summed E-state index contributed by atoms with van der Waals surface area (Å²) >= 11 is 0. The highest BCUT2D eigenvalue weighted by atomic mass is 15.3. The monoisotopic (exact) mass is 308 g/mol. The Kier molecular flexibility index (Phi) is 4.09. The minimum absolute atomic E-state index is 0.588. The smallest absolute Gasteiger partial charge is 0.0986 e. The maximum atomic E-state index is 2.42. The van der Waals surface area contributed by atoms with Crippen molar-refractivity contribution in [1.82, 2.24) is 4.90 Å². The molecule has 2 aliphatic rings. The maximum Gasteiger partial charge on any atom is 0.0986 e. The Morgan fingerprint density at radius 2 is 1.52 bits per heavy atom. The van der Waals surface area contributed by atoms with Crippen LogP contribution in [0.25, 0.3) is 0 Å². The zero-order valence-electron chi connectivity index (χ0n) is 15.3. The van der Waals surface area contributed by atoms with Gasteiger partial charge in [0, 0.05) is 29.7 Å². The van der Waals surface area contributed by atoms with Crippen LogP contribution in [0.3, 0.4) is 0 Å². The molecule has 0 spiro atoms. The van der Waals surface area contributed by atoms with Gasteiger partial charge >= 0.3 is 0 Å². The molecule has 0 saturated heterocycles. The summed E-state index contributed by atoms with van der Waals surface area (Å²) in [7, 11) is 0. The highest BCUT2D eigenvalue weighted by Gasteiger charge is 2.26. The predicted molar refractivity (Wildman–Crippen MR) is 99.2 cm³/mol. The van der Waals surface area contributed by atoms with Crippen molar-refractivity contribution in [3.8, 4) is 0 Å². The minimum Gasteiger partial charge on any atom is -0.331 e. The average molecular weight is 308 g/mol. The van der Waals surface area contributed by atoms with Crippen molar-refractivity contribution in [3.05, 3.63) is 64.1 Å². The van der Waals surface area contributed by atoms with Gasteiger partial charge in [0.25, 0.3) is 0 Å². The van der Waals surface area contributed by atoms with Crippen molar-refractivity contribution < 1.29 is 0 Å². The first-order valence-electron chi connectivity index (χ1n) is 8.54. The standard InChI is InChI=1S/C21H28N2/c1-14-9-16(3)20(17(4)10-14)22-7-8-23(13-22)21-18(5)11-15(2)12-19(21)6/h7-11,19H,12-13H2,1-6H3/t19-/m0/s1. The maximum absolute atomic E-state index is 2.42. The lowest BCUT2D eigenvalue weighted by Gasteiger charge is -2.32. The van der Waals surface area contributed by atoms with E-state index in [1.807, 2.05) is 0 Å². The fraction of sp³-hybridized carbons (Fsp3) is 0.429. The van der Waals surface area contributed by atoms with Crippen molar-refractivity contribution in [3.63, 3.8) is 0 Å². The first-order valence-corrected chi connectivity index (χ1v) is 8.54. The van der Waals surface area contributed by atoms with Crippen molar-refractivity contribution in [2.75, 3.05) is 11.6 Å². The Hall–Kier alpha value is -1.96. The van der Waals surface area contributed by atoms with Crippen LogP contribution in [0.2, 0.25) is 0 Å². The van der Waals surface area contributed by atoms with Crippen LogP contribution < -0.4 is 4.90 Å². The van der Waals surface area contributed by atoms with Crippen molar-refractivity contribution in [1.29, 1.82) is 0 Å². The third-order valence-corrected chi connectivity index (χ3v) is 4.93. The second-order valence-electron chi connectivity index (χ2n) is 7.29. The highest BCUT2D eigenvalue weighted by molar-refractivity contribution is 5.62. The molecule has 0 amide bonds. The van der Waals surface area contributed by atoms with Gasteiger partial charge in [-0.2, -0.15) is 0 Å². The minimum atomic E-state index is 0.588. The molecule has 0 unspecified atom stereocenters. The molecule has 1 atom stereocenters. The Morgan fingerprint density at radius 3 is 2.13 bits per heavy atom. The summed E-state index contributed by atoms with van der Waals surface area (Å²) in [4.78, 5) is 4.80. The third-order valence-electron chi connectivity index (χ3n) is 4.93. The Bertz CT molecular complexity index is 698. The Labute approximate surface area is 140 Å². The number of anilines is 1. The molecule has 2 nitrogen and oxygen atoms in total. The summed E-state index contributed by atoms with van der Waals surface area (Å²) in [5.41, 5.74) is 9.76. The molecular formula is C21H28N2. The van der Waals surface area contributed by atoms with Crippen LogP contribution in [-0.2, 0) is 0 Å². The molecule has 1 aromatic carbocycles. The zero-order valence-corrected chi connectivity index (χ0v) is 15.3. The lowest BCUT2D eigenvalue weighted by molar-refractivity contribution is 0.416. The summed E-state index contributed by atoms with van der Waals surface area (Å²) in [6, 6.07) is 4.55. The van der Waals surface area contributed by atoms with E-state index in [-0.39, 0.29) is 0 Å². The normalized spacial score (nSPS) is 21.3. The summed E-state index contributed by atoms with van der Waals surface area (Å²) in [5.74, 6) is 0.588. The van der Waals surface area contributed by atoms with Gasteiger partial charge in [-0.3, -0.25) is 0 Å². The molecule has 0 N–H and O–H groups in total. The van der Waals surface area contributed by atoms with Gasteiger partial charge < -0.3 is 9.80 Å². The van der Waals surface area contributed by atoms with Crippen LogP contribution in [0, 0.1) is 26.7 Å². The van der Waals surface area contributed by atoms with Gasteiger partial charge in [-0.1, -0.05) is 36.3 Å². The van der Waals surface area contributed by atoms with E-state index in [4.69, 9.17) is 0 Å². The van der Waals surface area contributed by atoms with Crippen LogP contribution in [0.1, 0.15) is 43.9 Å². The zero-order chi connectivity index (χ0) is 16.7. The van der Waals surface area contributed by atoms with Crippen LogP contribution >= 0.6 is 0 Å². The van der Waals surface area contributed by atoms with Gasteiger partial charge in [0.15, 0.2) is 0 Å². The number of rotatable bonds is 2. The molecular weight excluding hydrogens is 280 g/mol. The predicted octanol–water partition coefficient (Wildman–Crippen LogP) is 5.42. The number of benzene rings is 1. The van der Waals surface area contributed by atoms with Crippen LogP contribution in [0.4, 0.5) is 5.69 Å². The third kappa shape index (κ3) is 2.95. The summed E-state index contributed by atoms with van der Waals surface area (Å²) in [5, 5.41) is 0. The van der Waals surface area contributed by atoms with E-state index in [1.165, 1.54) is 45.6 Å². The van der Waals surface area contributed by atoms with E-state index in [2.05, 4.69) is 82.0 Å². The first kappa shape index (κ1) is 15.9. The lowest BCUT2D eigenvalue weighted by atomic mass is 9.89. The molecule has 0 bridgehead atoms. The fourth-order valence-electron chi connectivity index (χ4n) is 4.33. The van der Waals surface area contributed by atoms with Gasteiger partial charge in [0.1, 0.15) is 0 Å². The van der Waals surface area contributed by atoms with Crippen LogP contribution in [-0.4, -0.2) is 11.6 Å². The molecule has 3 rings (SSSR count). The van der Waals surface area contributed by atoms with E-state index in [9.17, 15) is 0 Å². The van der Waals surface area contributed by atoms with Gasteiger partial charge in [-0.15, -0.1) is 0 Å². The van der Waals surface area contributed by atoms with E-state index in [0.29, 0.717) is 5.92 Å². The highest BCUT2D eigenvalue weighted by Crippen LogP contribution is 2.35. The largest absolute Gasteiger partial charge is 0.331 e. The molecule has 0 saturated carbocycles. The Morgan fingerprint density at radius 1 is 0.913 bits per heavy atom. The topological polar surface area (TPSA) is 6.48 Å². The van der Waals surface area contributed by atoms with Crippen LogP contribution in [0.5, 0.6) is 0 Å². The fourth-order valence-corrected chi connectivity index (χ4v) is 4.33. The summed E-state index contributed by atoms with van der Waals surface area (Å²) in [6.45, 7) is 14.3. The summed E-state index contributed by atoms with van der Waals surface area (Å²) in [6.07, 6.45) is 7.97. The van der Waals surface area contributed by atoms with Gasteiger partial charge in [0.2, 0.25) is 0 Å². The lowest BCUT2D eigenvalue weighted by Crippen LogP contribution is -2.29. The first-order chi connectivity index (χ1) is 10.9. The van der Waals surface area contributed by atoms with E-state index < -0.39 is 0 Å². The van der Waals surface area contributed by atoms with Crippen molar-refractivity contribution in [2.45, 2.75) is 48.0 Å². The molecule has 0 fully saturated rings. The van der Waals surface area contributed by atoms with E-state index in [1.54, 1.807) is 0 Å². The number of hydrogen-bond donors (Lipinski definition) is 0. The van der Waals surface area contributed by atoms with Crippen molar-refractivity contribution in [2.24, 2.45) is 5.92 Å². The number of allylic oxidation sites excluding steroid dienone is 4. The molecule has 23 heavy (non-hydrogen) atoms. The molecule has 2 heteroatoms. The average Bonchev–Trinajstić information content (AvgIpc) is 2.85. The molecule has 122 valence electrons. The van der Waals surface area contributed by atoms with Crippen molar-refractivity contribution >= 4 is 5.69 Å². The molecule has 1 aliphatic carbocycles. The second kappa shape index (κ2) is 5.92. The van der Waals surface area contributed by atoms with Gasteiger partial charge in [-0.05, 0) is 57.7 Å². The van der Waals surface area contributed by atoms with Gasteiger partial charge in [-0.25, -0.2) is 0 Å². The summed E-state index contributed by atoms with van der Waals surface area (Å²) < 4.78 is 0. The number of aryl methyl sites for hydroxylation is 3. The Balaban J connectivity index is 1.88. The molecule has 0 radical (unpaired) electrons. The second-order valence-corrected chi connectivity index (χ2v) is 7.29. The molecule has 1 heterocycles. The molecule has 0 aromatic heterocycles. The van der Waals surface area contributed by atoms with Crippen LogP contribution in [0.15, 0.2) is 47.5 Å². The molecule has 1 aromatic rings. The number of hydrogen-bond acceptors (Lipinski definition) is 2. The SMILES string of the molecule is CC1=CC(C)=C(N2C=CN(c3c(C)cc(C)cc3C)C2)[C@@H](C)C1.